The van der Waals surface area contributed by atoms with Crippen molar-refractivity contribution in [2.45, 2.75) is 64.6 Å². The predicted octanol–water partition coefficient (Wildman–Crippen LogP) is 1.21. The average molecular weight is 435 g/mol. The van der Waals surface area contributed by atoms with Crippen LogP contribution in [0.4, 0.5) is 0 Å². The lowest BCUT2D eigenvalue weighted by atomic mass is 9.83. The molecule has 2 fully saturated rings. The van der Waals surface area contributed by atoms with Gasteiger partial charge in [-0.1, -0.05) is 0 Å². The molecule has 0 aliphatic carbocycles. The number of quaternary nitrogens is 2. The molecular formula is C24H38N2O5+2. The van der Waals surface area contributed by atoms with Gasteiger partial charge in [0.2, 0.25) is 0 Å². The van der Waals surface area contributed by atoms with E-state index in [-0.39, 0.29) is 28.7 Å². The smallest absolute Gasteiger partial charge is 0.339 e. The topological polar surface area (TPSA) is 106 Å². The zero-order valence-corrected chi connectivity index (χ0v) is 19.3. The Bertz CT molecular complexity index is 793. The van der Waals surface area contributed by atoms with Crippen LogP contribution in [0.25, 0.3) is 0 Å². The largest absolute Gasteiger partial charge is 0.508 e. The minimum atomic E-state index is -0.657. The van der Waals surface area contributed by atoms with Gasteiger partial charge in [0.15, 0.2) is 0 Å². The summed E-state index contributed by atoms with van der Waals surface area (Å²) in [5.41, 5.74) is -1.11. The number of phenols is 1. The van der Waals surface area contributed by atoms with E-state index in [1.165, 1.54) is 18.2 Å². The van der Waals surface area contributed by atoms with Gasteiger partial charge in [0.05, 0.1) is 37.3 Å². The van der Waals surface area contributed by atoms with Crippen LogP contribution in [0.1, 0.15) is 74.1 Å². The molecule has 0 spiro atoms. The quantitative estimate of drug-likeness (QED) is 0.584. The molecule has 31 heavy (non-hydrogen) atoms. The van der Waals surface area contributed by atoms with E-state index >= 15 is 0 Å². The number of hydrogen-bond acceptors (Lipinski definition) is 5. The van der Waals surface area contributed by atoms with Crippen molar-refractivity contribution in [2.24, 2.45) is 11.8 Å². The van der Waals surface area contributed by atoms with E-state index in [4.69, 9.17) is 9.47 Å². The number of esters is 2. The number of carbonyl (C=O) groups is 2. The number of benzene rings is 1. The number of aromatic hydroxyl groups is 1. The van der Waals surface area contributed by atoms with Crippen molar-refractivity contribution in [1.29, 1.82) is 0 Å². The highest BCUT2D eigenvalue weighted by Crippen LogP contribution is 2.32. The molecule has 0 saturated carbocycles. The molecular weight excluding hydrogens is 396 g/mol. The van der Waals surface area contributed by atoms with Crippen LogP contribution in [0, 0.1) is 11.8 Å². The van der Waals surface area contributed by atoms with E-state index in [9.17, 15) is 14.7 Å². The van der Waals surface area contributed by atoms with Crippen LogP contribution in [0.3, 0.4) is 0 Å². The zero-order chi connectivity index (χ0) is 22.6. The van der Waals surface area contributed by atoms with E-state index < -0.39 is 23.1 Å². The molecule has 1 aromatic carbocycles. The Balaban J connectivity index is 1.77. The summed E-state index contributed by atoms with van der Waals surface area (Å²) in [6.07, 6.45) is 3.92. The van der Waals surface area contributed by atoms with Crippen molar-refractivity contribution < 1.29 is 34.8 Å². The van der Waals surface area contributed by atoms with Crippen molar-refractivity contribution in [3.63, 3.8) is 0 Å². The van der Waals surface area contributed by atoms with E-state index in [1.54, 1.807) is 0 Å². The van der Waals surface area contributed by atoms with Crippen molar-refractivity contribution in [1.82, 2.24) is 0 Å². The van der Waals surface area contributed by atoms with Crippen LogP contribution in [-0.4, -0.2) is 54.4 Å². The molecule has 0 bridgehead atoms. The highest BCUT2D eigenvalue weighted by Gasteiger charge is 2.38. The van der Waals surface area contributed by atoms with Gasteiger partial charge in [-0.25, -0.2) is 9.59 Å². The minimum Gasteiger partial charge on any atom is -0.508 e. The van der Waals surface area contributed by atoms with Crippen molar-refractivity contribution in [3.8, 4) is 5.75 Å². The number of piperidine rings is 2. The van der Waals surface area contributed by atoms with Crippen LogP contribution in [0.5, 0.6) is 5.75 Å². The first kappa shape index (κ1) is 23.5. The van der Waals surface area contributed by atoms with Gasteiger partial charge >= 0.3 is 11.9 Å². The summed E-state index contributed by atoms with van der Waals surface area (Å²) in [7, 11) is 0. The highest BCUT2D eigenvalue weighted by atomic mass is 16.6. The second kappa shape index (κ2) is 9.57. The van der Waals surface area contributed by atoms with Gasteiger partial charge < -0.3 is 25.2 Å². The lowest BCUT2D eigenvalue weighted by Gasteiger charge is -2.36. The van der Waals surface area contributed by atoms with Crippen LogP contribution in [0.2, 0.25) is 0 Å². The zero-order valence-electron chi connectivity index (χ0n) is 19.3. The first-order valence-corrected chi connectivity index (χ1v) is 11.5. The fourth-order valence-electron chi connectivity index (χ4n) is 4.88. The second-order valence-electron chi connectivity index (χ2n) is 10.00. The third-order valence-electron chi connectivity index (χ3n) is 7.00. The molecule has 2 heterocycles. The van der Waals surface area contributed by atoms with Gasteiger partial charge in [-0.05, 0) is 45.9 Å². The number of hydrogen-bond donors (Lipinski definition) is 3. The molecule has 3 rings (SSSR count). The average Bonchev–Trinajstić information content (AvgIpc) is 2.74. The normalized spacial score (nSPS) is 19.1. The summed E-state index contributed by atoms with van der Waals surface area (Å²) in [6.45, 7) is 11.8. The SMILES string of the molecule is CC(C)(OC(=O)c1ccc(O)cc1C(=O)OC(C)(C)C1CC[NH2+]CC1)C1CC[NH2+]CC1. The summed E-state index contributed by atoms with van der Waals surface area (Å²) in [4.78, 5) is 26.2. The Morgan fingerprint density at radius 1 is 0.806 bits per heavy atom. The molecule has 2 saturated heterocycles. The third kappa shape index (κ3) is 5.77. The summed E-state index contributed by atoms with van der Waals surface area (Å²) in [5, 5.41) is 14.5. The van der Waals surface area contributed by atoms with Gasteiger partial charge in [0, 0.05) is 37.5 Å². The molecule has 2 aliphatic heterocycles. The van der Waals surface area contributed by atoms with E-state index in [0.717, 1.165) is 51.9 Å². The standard InChI is InChI=1S/C24H36N2O5/c1-23(2,16-7-11-25-12-8-16)30-21(28)19-6-5-18(27)15-20(19)22(29)31-24(3,4)17-9-13-26-14-10-17/h5-6,15-17,25-27H,7-14H2,1-4H3/p+2. The maximum atomic E-state index is 13.1. The van der Waals surface area contributed by atoms with Crippen LogP contribution in [-0.2, 0) is 9.47 Å². The minimum absolute atomic E-state index is 0.0493. The second-order valence-corrected chi connectivity index (χ2v) is 10.00. The maximum absolute atomic E-state index is 13.1. The predicted molar refractivity (Wildman–Crippen MR) is 116 cm³/mol. The molecule has 1 aromatic rings. The fraction of sp³-hybridized carbons (Fsp3) is 0.667. The van der Waals surface area contributed by atoms with Crippen LogP contribution < -0.4 is 10.6 Å². The van der Waals surface area contributed by atoms with Crippen LogP contribution in [0.15, 0.2) is 18.2 Å². The Morgan fingerprint density at radius 3 is 1.68 bits per heavy atom. The van der Waals surface area contributed by atoms with E-state index in [2.05, 4.69) is 10.6 Å². The van der Waals surface area contributed by atoms with Gasteiger partial charge in [-0.2, -0.15) is 0 Å². The first-order chi connectivity index (χ1) is 14.6. The Hall–Kier alpha value is -2.12. The highest BCUT2D eigenvalue weighted by molar-refractivity contribution is 6.03. The Labute approximate surface area is 184 Å². The van der Waals surface area contributed by atoms with Crippen LogP contribution >= 0.6 is 0 Å². The number of nitrogens with two attached hydrogens (primary N) is 2. The molecule has 5 N–H and O–H groups in total. The van der Waals surface area contributed by atoms with Gasteiger partial charge in [-0.3, -0.25) is 0 Å². The van der Waals surface area contributed by atoms with E-state index in [1.807, 2.05) is 27.7 Å². The third-order valence-corrected chi connectivity index (χ3v) is 7.00. The van der Waals surface area contributed by atoms with E-state index in [0.29, 0.717) is 0 Å². The summed E-state index contributed by atoms with van der Waals surface area (Å²) >= 11 is 0. The van der Waals surface area contributed by atoms with Crippen molar-refractivity contribution in [2.75, 3.05) is 26.2 Å². The molecule has 172 valence electrons. The first-order valence-electron chi connectivity index (χ1n) is 11.5. The summed E-state index contributed by atoms with van der Waals surface area (Å²) in [5.74, 6) is -0.716. The number of carbonyl (C=O) groups excluding carboxylic acids is 2. The molecule has 0 radical (unpaired) electrons. The monoisotopic (exact) mass is 434 g/mol. The van der Waals surface area contributed by atoms with Gasteiger partial charge in [-0.15, -0.1) is 0 Å². The molecule has 0 unspecified atom stereocenters. The molecule has 0 amide bonds. The van der Waals surface area contributed by atoms with Crippen molar-refractivity contribution in [3.05, 3.63) is 29.3 Å². The summed E-state index contributed by atoms with van der Waals surface area (Å²) < 4.78 is 11.8. The lowest BCUT2D eigenvalue weighted by molar-refractivity contribution is -0.666. The summed E-state index contributed by atoms with van der Waals surface area (Å²) in [6, 6.07) is 4.14. The molecule has 7 heteroatoms. The van der Waals surface area contributed by atoms with Gasteiger partial charge in [0.25, 0.3) is 0 Å². The Morgan fingerprint density at radius 2 is 1.23 bits per heavy atom. The number of phenolic OH excluding ortho intramolecular Hbond substituents is 1. The molecule has 0 atom stereocenters. The fourth-order valence-corrected chi connectivity index (χ4v) is 4.88. The Kier molecular flexibility index (Phi) is 7.27. The molecule has 2 aliphatic rings. The molecule has 7 nitrogen and oxygen atoms in total. The maximum Gasteiger partial charge on any atom is 0.339 e. The number of ether oxygens (including phenoxy) is 2. The van der Waals surface area contributed by atoms with Crippen molar-refractivity contribution >= 4 is 11.9 Å². The lowest BCUT2D eigenvalue weighted by Crippen LogP contribution is -2.86. The van der Waals surface area contributed by atoms with Gasteiger partial charge in [0.1, 0.15) is 17.0 Å². The molecule has 0 aromatic heterocycles. The number of rotatable bonds is 6.